The van der Waals surface area contributed by atoms with Crippen molar-refractivity contribution in [3.8, 4) is 0 Å². The second-order valence-corrected chi connectivity index (χ2v) is 6.70. The Hall–Kier alpha value is 0.170. The average Bonchev–Trinajstić information content (AvgIpc) is 2.21. The van der Waals surface area contributed by atoms with Crippen molar-refractivity contribution >= 4 is 7.92 Å². The summed E-state index contributed by atoms with van der Waals surface area (Å²) in [5.41, 5.74) is 0. The summed E-state index contributed by atoms with van der Waals surface area (Å²) in [5.74, 6) is 3.46. The summed E-state index contributed by atoms with van der Waals surface area (Å²) in [5, 5.41) is 0. The minimum atomic E-state index is 0.238. The maximum atomic E-state index is 2.53. The lowest BCUT2D eigenvalue weighted by atomic mass is 9.90. The Morgan fingerprint density at radius 2 is 1.69 bits per heavy atom. The molecule has 0 spiro atoms. The summed E-state index contributed by atoms with van der Waals surface area (Å²) in [6.07, 6.45) is 12.6. The van der Waals surface area contributed by atoms with Gasteiger partial charge in [-0.1, -0.05) is 52.9 Å². The molecule has 0 saturated heterocycles. The molecule has 1 rings (SSSR count). The van der Waals surface area contributed by atoms with Crippen molar-refractivity contribution in [3.63, 3.8) is 0 Å². The first-order chi connectivity index (χ1) is 6.36. The summed E-state index contributed by atoms with van der Waals surface area (Å²) in [7, 11) is 0.238. The van der Waals surface area contributed by atoms with Gasteiger partial charge in [-0.25, -0.2) is 0 Å². The van der Waals surface area contributed by atoms with E-state index in [1.165, 1.54) is 44.4 Å². The van der Waals surface area contributed by atoms with Crippen LogP contribution in [0.4, 0.5) is 0 Å². The second-order valence-electron chi connectivity index (χ2n) is 3.96. The molecule has 0 aromatic heterocycles. The van der Waals surface area contributed by atoms with Gasteiger partial charge in [-0.2, -0.15) is 0 Å². The van der Waals surface area contributed by atoms with Gasteiger partial charge in [-0.3, -0.25) is 0 Å². The predicted molar refractivity (Wildman–Crippen MR) is 63.7 cm³/mol. The molecule has 1 heteroatoms. The van der Waals surface area contributed by atoms with Crippen LogP contribution in [-0.2, 0) is 0 Å². The SMILES string of the molecule is CCP(/C=C/C1CCCCC1)CC. The fourth-order valence-corrected chi connectivity index (χ4v) is 3.36. The zero-order valence-corrected chi connectivity index (χ0v) is 10.0. The normalized spacial score (nSPS) is 20.2. The highest BCUT2D eigenvalue weighted by molar-refractivity contribution is 7.60. The lowest BCUT2D eigenvalue weighted by Gasteiger charge is -2.18. The van der Waals surface area contributed by atoms with Gasteiger partial charge in [0.25, 0.3) is 0 Å². The molecule has 0 atom stereocenters. The highest BCUT2D eigenvalue weighted by Crippen LogP contribution is 2.37. The number of allylic oxidation sites excluding steroid dienone is 1. The highest BCUT2D eigenvalue weighted by Gasteiger charge is 2.10. The van der Waals surface area contributed by atoms with Gasteiger partial charge in [0.2, 0.25) is 0 Å². The maximum Gasteiger partial charge on any atom is -0.0230 e. The van der Waals surface area contributed by atoms with Crippen LogP contribution in [0.2, 0.25) is 0 Å². The second kappa shape index (κ2) is 6.60. The third-order valence-electron chi connectivity index (χ3n) is 3.03. The molecule has 0 unspecified atom stereocenters. The Bertz CT molecular complexity index is 141. The maximum absolute atomic E-state index is 2.53. The standard InChI is InChI=1S/C12H23P/c1-3-13(4-2)11-10-12-8-6-5-7-9-12/h10-12H,3-9H2,1-2H3/b11-10+. The molecule has 0 N–H and O–H groups in total. The first-order valence-corrected chi connectivity index (χ1v) is 7.57. The van der Waals surface area contributed by atoms with Crippen LogP contribution in [0.3, 0.4) is 0 Å². The Labute approximate surface area is 84.6 Å². The van der Waals surface area contributed by atoms with E-state index < -0.39 is 0 Å². The van der Waals surface area contributed by atoms with Gasteiger partial charge in [0.1, 0.15) is 0 Å². The summed E-state index contributed by atoms with van der Waals surface area (Å²) in [6, 6.07) is 0. The van der Waals surface area contributed by atoms with Crippen LogP contribution in [0, 0.1) is 5.92 Å². The van der Waals surface area contributed by atoms with Crippen LogP contribution in [0.25, 0.3) is 0 Å². The molecule has 0 radical (unpaired) electrons. The third-order valence-corrected chi connectivity index (χ3v) is 5.25. The van der Waals surface area contributed by atoms with E-state index in [1.807, 2.05) is 0 Å². The number of rotatable bonds is 4. The van der Waals surface area contributed by atoms with E-state index in [9.17, 15) is 0 Å². The van der Waals surface area contributed by atoms with Gasteiger partial charge in [-0.15, -0.1) is 0 Å². The van der Waals surface area contributed by atoms with E-state index in [-0.39, 0.29) is 7.92 Å². The monoisotopic (exact) mass is 198 g/mol. The Balaban J connectivity index is 2.27. The van der Waals surface area contributed by atoms with Crippen molar-refractivity contribution in [2.75, 3.05) is 12.3 Å². The van der Waals surface area contributed by atoms with Crippen LogP contribution < -0.4 is 0 Å². The molecule has 0 heterocycles. The van der Waals surface area contributed by atoms with Gasteiger partial charge in [0.15, 0.2) is 0 Å². The molecular weight excluding hydrogens is 175 g/mol. The van der Waals surface area contributed by atoms with E-state index in [0.717, 1.165) is 5.92 Å². The molecule has 0 aromatic rings. The van der Waals surface area contributed by atoms with E-state index in [2.05, 4.69) is 25.7 Å². The molecule has 0 nitrogen and oxygen atoms in total. The Morgan fingerprint density at radius 1 is 1.08 bits per heavy atom. The molecule has 0 bridgehead atoms. The molecule has 0 aliphatic heterocycles. The molecule has 0 amide bonds. The van der Waals surface area contributed by atoms with Crippen molar-refractivity contribution in [3.05, 3.63) is 11.9 Å². The Kier molecular flexibility index (Phi) is 5.71. The summed E-state index contributed by atoms with van der Waals surface area (Å²) in [6.45, 7) is 4.64. The van der Waals surface area contributed by atoms with Crippen LogP contribution in [0.15, 0.2) is 11.9 Å². The fraction of sp³-hybridized carbons (Fsp3) is 0.833. The third kappa shape index (κ3) is 4.27. The minimum absolute atomic E-state index is 0.238. The van der Waals surface area contributed by atoms with Crippen molar-refractivity contribution < 1.29 is 0 Å². The number of hydrogen-bond donors (Lipinski definition) is 0. The van der Waals surface area contributed by atoms with E-state index in [0.29, 0.717) is 0 Å². The van der Waals surface area contributed by atoms with E-state index >= 15 is 0 Å². The molecule has 1 fully saturated rings. The predicted octanol–water partition coefficient (Wildman–Crippen LogP) is 4.60. The molecule has 1 aliphatic carbocycles. The zero-order valence-electron chi connectivity index (χ0n) is 9.13. The zero-order chi connectivity index (χ0) is 9.52. The van der Waals surface area contributed by atoms with Crippen molar-refractivity contribution in [1.82, 2.24) is 0 Å². The van der Waals surface area contributed by atoms with Gasteiger partial charge in [-0.05, 0) is 31.1 Å². The molecule has 1 aliphatic rings. The van der Waals surface area contributed by atoms with Gasteiger partial charge >= 0.3 is 0 Å². The minimum Gasteiger partial charge on any atom is -0.0841 e. The van der Waals surface area contributed by atoms with Gasteiger partial charge in [0.05, 0.1) is 0 Å². The molecule has 13 heavy (non-hydrogen) atoms. The van der Waals surface area contributed by atoms with Gasteiger partial charge in [0, 0.05) is 0 Å². The van der Waals surface area contributed by atoms with Crippen molar-refractivity contribution in [1.29, 1.82) is 0 Å². The average molecular weight is 198 g/mol. The van der Waals surface area contributed by atoms with Crippen LogP contribution in [0.5, 0.6) is 0 Å². The van der Waals surface area contributed by atoms with Crippen molar-refractivity contribution in [2.24, 2.45) is 5.92 Å². The molecule has 0 aromatic carbocycles. The smallest absolute Gasteiger partial charge is 0.0230 e. The summed E-state index contributed by atoms with van der Waals surface area (Å²) >= 11 is 0. The largest absolute Gasteiger partial charge is 0.0841 e. The first-order valence-electron chi connectivity index (χ1n) is 5.79. The van der Waals surface area contributed by atoms with E-state index in [1.54, 1.807) is 0 Å². The quantitative estimate of drug-likeness (QED) is 0.579. The summed E-state index contributed by atoms with van der Waals surface area (Å²) in [4.78, 5) is 0. The molecule has 76 valence electrons. The van der Waals surface area contributed by atoms with Crippen LogP contribution >= 0.6 is 7.92 Å². The summed E-state index contributed by atoms with van der Waals surface area (Å²) < 4.78 is 0. The van der Waals surface area contributed by atoms with Gasteiger partial charge < -0.3 is 0 Å². The van der Waals surface area contributed by atoms with Crippen molar-refractivity contribution in [2.45, 2.75) is 46.0 Å². The molecular formula is C12H23P. The first kappa shape index (κ1) is 11.2. The van der Waals surface area contributed by atoms with Crippen LogP contribution in [0.1, 0.15) is 46.0 Å². The van der Waals surface area contributed by atoms with Crippen LogP contribution in [-0.4, -0.2) is 12.3 Å². The lowest BCUT2D eigenvalue weighted by molar-refractivity contribution is 0.420. The van der Waals surface area contributed by atoms with E-state index in [4.69, 9.17) is 0 Å². The molecule has 1 saturated carbocycles. The number of hydrogen-bond acceptors (Lipinski definition) is 0. The Morgan fingerprint density at radius 3 is 2.23 bits per heavy atom. The fourth-order valence-electron chi connectivity index (χ4n) is 2.00. The highest BCUT2D eigenvalue weighted by atomic mass is 31.1. The lowest BCUT2D eigenvalue weighted by Crippen LogP contribution is -2.02. The topological polar surface area (TPSA) is 0 Å².